The standard InChI is InChI=1S/C14H19N3O5/c1-21-7-6-15-12(18)8-13(19)17-16-9-10-4-3-5-11(22-2)14(10)20/h3-5,9,20H,6-8H2,1-2H3,(H,15,18)(H,17,19)/b16-9+. The highest BCUT2D eigenvalue weighted by Gasteiger charge is 2.08. The number of methoxy groups -OCH3 is 2. The van der Waals surface area contributed by atoms with Gasteiger partial charge in [0, 0.05) is 19.2 Å². The van der Waals surface area contributed by atoms with Gasteiger partial charge in [-0.05, 0) is 12.1 Å². The minimum Gasteiger partial charge on any atom is -0.504 e. The molecule has 8 nitrogen and oxygen atoms in total. The molecule has 0 aliphatic heterocycles. The van der Waals surface area contributed by atoms with Crippen molar-refractivity contribution in [1.82, 2.24) is 10.7 Å². The predicted molar refractivity (Wildman–Crippen MR) is 79.9 cm³/mol. The molecular formula is C14H19N3O5. The van der Waals surface area contributed by atoms with Crippen LogP contribution < -0.4 is 15.5 Å². The Labute approximate surface area is 128 Å². The van der Waals surface area contributed by atoms with E-state index in [4.69, 9.17) is 9.47 Å². The molecule has 0 aliphatic carbocycles. The Bertz CT molecular complexity index is 545. The molecule has 0 aliphatic rings. The first-order valence-electron chi connectivity index (χ1n) is 6.52. The van der Waals surface area contributed by atoms with Crippen molar-refractivity contribution < 1.29 is 24.2 Å². The summed E-state index contributed by atoms with van der Waals surface area (Å²) in [7, 11) is 2.95. The van der Waals surface area contributed by atoms with Crippen LogP contribution in [0.5, 0.6) is 11.5 Å². The Kier molecular flexibility index (Phi) is 7.41. The number of benzene rings is 1. The van der Waals surface area contributed by atoms with Crippen LogP contribution in [-0.2, 0) is 14.3 Å². The Morgan fingerprint density at radius 3 is 2.77 bits per heavy atom. The fourth-order valence-electron chi connectivity index (χ4n) is 1.52. The quantitative estimate of drug-likeness (QED) is 0.271. The van der Waals surface area contributed by atoms with Crippen LogP contribution in [0, 0.1) is 0 Å². The van der Waals surface area contributed by atoms with Crippen LogP contribution in [0.1, 0.15) is 12.0 Å². The lowest BCUT2D eigenvalue weighted by atomic mass is 10.2. The molecule has 2 amide bonds. The molecular weight excluding hydrogens is 290 g/mol. The fourth-order valence-corrected chi connectivity index (χ4v) is 1.52. The third kappa shape index (κ3) is 5.80. The van der Waals surface area contributed by atoms with Crippen molar-refractivity contribution in [3.05, 3.63) is 23.8 Å². The molecule has 1 rings (SSSR count). The van der Waals surface area contributed by atoms with Gasteiger partial charge in [-0.3, -0.25) is 9.59 Å². The molecule has 120 valence electrons. The van der Waals surface area contributed by atoms with E-state index in [-0.39, 0.29) is 12.2 Å². The second-order valence-electron chi connectivity index (χ2n) is 4.21. The fraction of sp³-hybridized carbons (Fsp3) is 0.357. The number of hydrazone groups is 1. The second kappa shape index (κ2) is 9.35. The second-order valence-corrected chi connectivity index (χ2v) is 4.21. The summed E-state index contributed by atoms with van der Waals surface area (Å²) in [6.07, 6.45) is 0.920. The number of rotatable bonds is 8. The van der Waals surface area contributed by atoms with Crippen LogP contribution in [0.3, 0.4) is 0 Å². The van der Waals surface area contributed by atoms with Gasteiger partial charge in [-0.15, -0.1) is 0 Å². The molecule has 0 radical (unpaired) electrons. The number of hydrogen-bond acceptors (Lipinski definition) is 6. The zero-order valence-corrected chi connectivity index (χ0v) is 12.5. The number of hydrogen-bond donors (Lipinski definition) is 3. The lowest BCUT2D eigenvalue weighted by Gasteiger charge is -2.05. The minimum absolute atomic E-state index is 0.0830. The van der Waals surface area contributed by atoms with Gasteiger partial charge in [0.05, 0.1) is 19.9 Å². The SMILES string of the molecule is COCCNC(=O)CC(=O)N/N=C/c1cccc(OC)c1O. The summed E-state index contributed by atoms with van der Waals surface area (Å²) in [5.41, 5.74) is 2.58. The number of phenolic OH excluding ortho intramolecular Hbond substituents is 1. The van der Waals surface area contributed by atoms with E-state index in [1.807, 2.05) is 0 Å². The Hall–Kier alpha value is -2.61. The number of ether oxygens (including phenoxy) is 2. The molecule has 0 saturated carbocycles. The van der Waals surface area contributed by atoms with Gasteiger partial charge in [-0.2, -0.15) is 5.10 Å². The van der Waals surface area contributed by atoms with Crippen LogP contribution in [0.4, 0.5) is 0 Å². The van der Waals surface area contributed by atoms with Crippen LogP contribution >= 0.6 is 0 Å². The lowest BCUT2D eigenvalue weighted by Crippen LogP contribution is -2.31. The number of carbonyl (C=O) groups is 2. The van der Waals surface area contributed by atoms with Crippen molar-refractivity contribution in [1.29, 1.82) is 0 Å². The monoisotopic (exact) mass is 309 g/mol. The average molecular weight is 309 g/mol. The Morgan fingerprint density at radius 2 is 2.09 bits per heavy atom. The lowest BCUT2D eigenvalue weighted by molar-refractivity contribution is -0.129. The third-order valence-electron chi connectivity index (χ3n) is 2.59. The van der Waals surface area contributed by atoms with Gasteiger partial charge in [0.2, 0.25) is 11.8 Å². The molecule has 0 saturated heterocycles. The van der Waals surface area contributed by atoms with E-state index in [0.29, 0.717) is 24.5 Å². The molecule has 0 fully saturated rings. The summed E-state index contributed by atoms with van der Waals surface area (Å²) < 4.78 is 9.72. The maximum absolute atomic E-state index is 11.5. The number of nitrogens with zero attached hydrogens (tertiary/aromatic N) is 1. The van der Waals surface area contributed by atoms with Crippen LogP contribution in [0.15, 0.2) is 23.3 Å². The highest BCUT2D eigenvalue weighted by Crippen LogP contribution is 2.27. The summed E-state index contributed by atoms with van der Waals surface area (Å²) in [6, 6.07) is 4.87. The highest BCUT2D eigenvalue weighted by atomic mass is 16.5. The van der Waals surface area contributed by atoms with E-state index in [2.05, 4.69) is 15.8 Å². The van der Waals surface area contributed by atoms with Crippen molar-refractivity contribution in [2.45, 2.75) is 6.42 Å². The van der Waals surface area contributed by atoms with E-state index < -0.39 is 11.8 Å². The molecule has 0 atom stereocenters. The maximum Gasteiger partial charge on any atom is 0.249 e. The number of phenols is 1. The predicted octanol–water partition coefficient (Wildman–Crippen LogP) is 0.00360. The number of para-hydroxylation sites is 1. The summed E-state index contributed by atoms with van der Waals surface area (Å²) in [5, 5.41) is 16.0. The highest BCUT2D eigenvalue weighted by molar-refractivity contribution is 5.97. The molecule has 0 aromatic heterocycles. The van der Waals surface area contributed by atoms with E-state index >= 15 is 0 Å². The molecule has 0 bridgehead atoms. The molecule has 0 spiro atoms. The minimum atomic E-state index is -0.562. The molecule has 8 heteroatoms. The van der Waals surface area contributed by atoms with Crippen LogP contribution in [-0.4, -0.2) is 50.5 Å². The van der Waals surface area contributed by atoms with Crippen molar-refractivity contribution in [2.75, 3.05) is 27.4 Å². The van der Waals surface area contributed by atoms with Gasteiger partial charge in [-0.25, -0.2) is 5.43 Å². The van der Waals surface area contributed by atoms with Gasteiger partial charge in [0.1, 0.15) is 6.42 Å². The average Bonchev–Trinajstić information content (AvgIpc) is 2.49. The van der Waals surface area contributed by atoms with Crippen LogP contribution in [0.2, 0.25) is 0 Å². The van der Waals surface area contributed by atoms with Gasteiger partial charge in [0.25, 0.3) is 0 Å². The molecule has 3 N–H and O–H groups in total. The zero-order valence-electron chi connectivity index (χ0n) is 12.5. The number of nitrogens with one attached hydrogen (secondary N) is 2. The van der Waals surface area contributed by atoms with E-state index in [0.717, 1.165) is 0 Å². The Balaban J connectivity index is 2.45. The molecule has 22 heavy (non-hydrogen) atoms. The van der Waals surface area contributed by atoms with Crippen LogP contribution in [0.25, 0.3) is 0 Å². The van der Waals surface area contributed by atoms with E-state index in [9.17, 15) is 14.7 Å². The van der Waals surface area contributed by atoms with Gasteiger partial charge < -0.3 is 19.9 Å². The smallest absolute Gasteiger partial charge is 0.249 e. The summed E-state index contributed by atoms with van der Waals surface area (Å²) in [5.74, 6) is -0.768. The van der Waals surface area contributed by atoms with E-state index in [1.54, 1.807) is 18.2 Å². The first-order valence-corrected chi connectivity index (χ1v) is 6.52. The molecule has 0 heterocycles. The molecule has 0 unspecified atom stereocenters. The summed E-state index contributed by atoms with van der Waals surface area (Å²) in [6.45, 7) is 0.712. The maximum atomic E-state index is 11.5. The first kappa shape index (κ1) is 17.4. The van der Waals surface area contributed by atoms with Crippen molar-refractivity contribution in [3.8, 4) is 11.5 Å². The topological polar surface area (TPSA) is 109 Å². The number of carbonyl (C=O) groups excluding carboxylic acids is 2. The van der Waals surface area contributed by atoms with Gasteiger partial charge in [0.15, 0.2) is 11.5 Å². The third-order valence-corrected chi connectivity index (χ3v) is 2.59. The number of amides is 2. The summed E-state index contributed by atoms with van der Waals surface area (Å²) >= 11 is 0. The summed E-state index contributed by atoms with van der Waals surface area (Å²) in [4.78, 5) is 22.8. The van der Waals surface area contributed by atoms with Crippen molar-refractivity contribution >= 4 is 18.0 Å². The molecule has 1 aromatic carbocycles. The Morgan fingerprint density at radius 1 is 1.32 bits per heavy atom. The molecule has 1 aromatic rings. The largest absolute Gasteiger partial charge is 0.504 e. The van der Waals surface area contributed by atoms with Crippen molar-refractivity contribution in [3.63, 3.8) is 0 Å². The normalized spacial score (nSPS) is 10.5. The van der Waals surface area contributed by atoms with Gasteiger partial charge >= 0.3 is 0 Å². The van der Waals surface area contributed by atoms with E-state index in [1.165, 1.54) is 20.4 Å². The number of aromatic hydroxyl groups is 1. The first-order chi connectivity index (χ1) is 10.6. The van der Waals surface area contributed by atoms with Crippen molar-refractivity contribution in [2.24, 2.45) is 5.10 Å². The zero-order chi connectivity index (χ0) is 16.4. The van der Waals surface area contributed by atoms with Gasteiger partial charge in [-0.1, -0.05) is 6.07 Å².